The highest BCUT2D eigenvalue weighted by atomic mass is 16.6. The van der Waals surface area contributed by atoms with Crippen LogP contribution in [-0.2, 0) is 28.5 Å². The van der Waals surface area contributed by atoms with E-state index in [1.54, 1.807) is 6.92 Å². The van der Waals surface area contributed by atoms with E-state index < -0.39 is 36.1 Å². The minimum absolute atomic E-state index is 0.0130. The van der Waals surface area contributed by atoms with Gasteiger partial charge in [-0.05, 0) is 33.8 Å². The predicted molar refractivity (Wildman–Crippen MR) is 93.3 cm³/mol. The smallest absolute Gasteiger partial charge is 0.430 e. The van der Waals surface area contributed by atoms with E-state index in [0.29, 0.717) is 5.01 Å². The lowest BCUT2D eigenvalue weighted by Crippen LogP contribution is -2.68. The lowest BCUT2D eigenvalue weighted by Gasteiger charge is -2.37. The fourth-order valence-corrected chi connectivity index (χ4v) is 1.98. The van der Waals surface area contributed by atoms with Crippen LogP contribution in [0.15, 0.2) is 18.4 Å². The fraction of sp³-hybridized carbons (Fsp3) is 0.588. The number of hydrogen-bond donors (Lipinski definition) is 1. The van der Waals surface area contributed by atoms with Crippen molar-refractivity contribution < 1.29 is 38.1 Å². The van der Waals surface area contributed by atoms with Gasteiger partial charge < -0.3 is 18.9 Å². The van der Waals surface area contributed by atoms with Crippen LogP contribution >= 0.6 is 0 Å². The lowest BCUT2D eigenvalue weighted by molar-refractivity contribution is -0.175. The molecule has 0 aromatic rings. The highest BCUT2D eigenvalue weighted by molar-refractivity contribution is 6.07. The monoisotopic (exact) mass is 386 g/mol. The van der Waals surface area contributed by atoms with Crippen molar-refractivity contribution in [3.8, 4) is 0 Å². The molecule has 152 valence electrons. The van der Waals surface area contributed by atoms with Gasteiger partial charge in [-0.2, -0.15) is 5.01 Å². The third-order valence-corrected chi connectivity index (χ3v) is 3.08. The third kappa shape index (κ3) is 6.34. The summed E-state index contributed by atoms with van der Waals surface area (Å²) < 4.78 is 19.6. The zero-order valence-electron chi connectivity index (χ0n) is 16.0. The number of esters is 2. The van der Waals surface area contributed by atoms with Crippen molar-refractivity contribution in [2.24, 2.45) is 0 Å². The van der Waals surface area contributed by atoms with E-state index in [1.165, 1.54) is 26.8 Å². The first-order valence-electron chi connectivity index (χ1n) is 8.44. The summed E-state index contributed by atoms with van der Waals surface area (Å²) in [5.74, 6) is -2.25. The summed E-state index contributed by atoms with van der Waals surface area (Å²) in [4.78, 5) is 49.9. The molecule has 2 amide bonds. The Morgan fingerprint density at radius 2 is 1.41 bits per heavy atom. The first-order chi connectivity index (χ1) is 12.8. The molecule has 10 heteroatoms. The average Bonchev–Trinajstić information content (AvgIpc) is 2.62. The van der Waals surface area contributed by atoms with E-state index >= 15 is 0 Å². The maximum absolute atomic E-state index is 12.7. The van der Waals surface area contributed by atoms with Gasteiger partial charge in [0.05, 0.1) is 26.4 Å². The number of nitrogens with one attached hydrogen (secondary N) is 1. The van der Waals surface area contributed by atoms with Crippen LogP contribution in [0.1, 0.15) is 34.1 Å². The Hall–Kier alpha value is -3.00. The molecule has 0 fully saturated rings. The van der Waals surface area contributed by atoms with Gasteiger partial charge in [0.1, 0.15) is 0 Å². The molecule has 0 aliphatic rings. The van der Waals surface area contributed by atoms with Crippen LogP contribution in [0.3, 0.4) is 0 Å². The number of rotatable bonds is 9. The van der Waals surface area contributed by atoms with E-state index in [4.69, 9.17) is 18.9 Å². The van der Waals surface area contributed by atoms with Crippen LogP contribution in [0.4, 0.5) is 9.59 Å². The summed E-state index contributed by atoms with van der Waals surface area (Å²) in [5.41, 5.74) is 2.07. The Balaban J connectivity index is 6.43. The van der Waals surface area contributed by atoms with E-state index in [1.807, 2.05) is 0 Å². The molecular formula is C17H26N2O8. The number of ether oxygens (including phenoxy) is 4. The molecule has 0 bridgehead atoms. The first-order valence-corrected chi connectivity index (χ1v) is 8.44. The Morgan fingerprint density at radius 1 is 0.926 bits per heavy atom. The Labute approximate surface area is 158 Å². The van der Waals surface area contributed by atoms with Gasteiger partial charge >= 0.3 is 24.1 Å². The van der Waals surface area contributed by atoms with Crippen LogP contribution in [0.25, 0.3) is 0 Å². The molecule has 27 heavy (non-hydrogen) atoms. The van der Waals surface area contributed by atoms with Gasteiger partial charge in [0.2, 0.25) is 0 Å². The highest BCUT2D eigenvalue weighted by Gasteiger charge is 2.57. The lowest BCUT2D eigenvalue weighted by atomic mass is 9.94. The fourth-order valence-electron chi connectivity index (χ4n) is 1.98. The van der Waals surface area contributed by atoms with Crippen molar-refractivity contribution in [1.29, 1.82) is 0 Å². The number of nitrogens with zero attached hydrogens (tertiary/aromatic N) is 1. The molecule has 0 unspecified atom stereocenters. The number of amides is 2. The minimum Gasteiger partial charge on any atom is -0.464 e. The summed E-state index contributed by atoms with van der Waals surface area (Å²) in [6, 6.07) is 0. The Bertz CT molecular complexity index is 565. The second kappa shape index (κ2) is 12.4. The van der Waals surface area contributed by atoms with E-state index in [2.05, 4.69) is 17.7 Å². The molecule has 0 rings (SSSR count). The first kappa shape index (κ1) is 24.0. The largest absolute Gasteiger partial charge is 0.464 e. The molecule has 1 N–H and O–H groups in total. The number of hydrogen-bond acceptors (Lipinski definition) is 8. The molecule has 0 radical (unpaired) electrons. The normalized spacial score (nSPS) is 10.1. The zero-order valence-corrected chi connectivity index (χ0v) is 16.0. The molecule has 10 nitrogen and oxygen atoms in total. The maximum Gasteiger partial charge on any atom is 0.430 e. The molecule has 0 saturated heterocycles. The third-order valence-electron chi connectivity index (χ3n) is 3.08. The second-order valence-electron chi connectivity index (χ2n) is 4.78. The van der Waals surface area contributed by atoms with Crippen LogP contribution in [0, 0.1) is 0 Å². The Kier molecular flexibility index (Phi) is 11.0. The quantitative estimate of drug-likeness (QED) is 0.209. The average molecular weight is 386 g/mol. The standard InChI is InChI=1S/C17H26N2O8/c1-6-11-12-17(13(20)24-7-2,14(21)25-8-3)19(16(23)27-10-5)18-15(22)26-9-4/h11H,1,7-10,12H2,2-5H3,(H,18,22). The molecule has 0 aromatic carbocycles. The molecule has 0 aliphatic heterocycles. The number of carbonyl (C=O) groups excluding carboxylic acids is 4. The SMILES string of the molecule is C=C=CCC(C(=O)OCC)(C(=O)OCC)N(NC(=O)OCC)C(=O)OCC. The van der Waals surface area contributed by atoms with Gasteiger partial charge in [0.15, 0.2) is 0 Å². The van der Waals surface area contributed by atoms with Crippen LogP contribution in [-0.4, -0.2) is 61.1 Å². The number of hydrazine groups is 1. The Morgan fingerprint density at radius 3 is 1.81 bits per heavy atom. The van der Waals surface area contributed by atoms with Gasteiger partial charge in [-0.1, -0.05) is 6.58 Å². The van der Waals surface area contributed by atoms with Crippen LogP contribution in [0.5, 0.6) is 0 Å². The van der Waals surface area contributed by atoms with E-state index in [-0.39, 0.29) is 26.4 Å². The highest BCUT2D eigenvalue weighted by Crippen LogP contribution is 2.25. The summed E-state index contributed by atoms with van der Waals surface area (Å²) >= 11 is 0. The summed E-state index contributed by atoms with van der Waals surface area (Å²) in [5, 5.41) is 0.415. The van der Waals surface area contributed by atoms with Gasteiger partial charge in [0.25, 0.3) is 5.54 Å². The van der Waals surface area contributed by atoms with Gasteiger partial charge in [-0.3, -0.25) is 0 Å². The predicted octanol–water partition coefficient (Wildman–Crippen LogP) is 1.70. The van der Waals surface area contributed by atoms with Crippen molar-refractivity contribution >= 4 is 24.1 Å². The summed E-state index contributed by atoms with van der Waals surface area (Å²) in [6.07, 6.45) is -1.46. The molecule has 0 atom stereocenters. The maximum atomic E-state index is 12.7. The molecule has 0 spiro atoms. The number of carbonyl (C=O) groups is 4. The molecule has 0 saturated carbocycles. The second-order valence-corrected chi connectivity index (χ2v) is 4.78. The zero-order chi connectivity index (χ0) is 20.9. The topological polar surface area (TPSA) is 120 Å². The molecule has 0 aromatic heterocycles. The molecular weight excluding hydrogens is 360 g/mol. The van der Waals surface area contributed by atoms with Crippen LogP contribution < -0.4 is 5.43 Å². The van der Waals surface area contributed by atoms with Gasteiger partial charge in [0, 0.05) is 6.42 Å². The van der Waals surface area contributed by atoms with Crippen molar-refractivity contribution in [3.05, 3.63) is 18.4 Å². The van der Waals surface area contributed by atoms with Crippen molar-refractivity contribution in [3.63, 3.8) is 0 Å². The molecule has 0 aliphatic carbocycles. The van der Waals surface area contributed by atoms with Crippen molar-refractivity contribution in [2.75, 3.05) is 26.4 Å². The van der Waals surface area contributed by atoms with Gasteiger partial charge in [-0.15, -0.1) is 5.73 Å². The minimum atomic E-state index is -2.39. The van der Waals surface area contributed by atoms with E-state index in [9.17, 15) is 19.2 Å². The van der Waals surface area contributed by atoms with Crippen molar-refractivity contribution in [2.45, 2.75) is 39.7 Å². The summed E-state index contributed by atoms with van der Waals surface area (Å²) in [6.45, 7) is 9.19. The van der Waals surface area contributed by atoms with Crippen molar-refractivity contribution in [1.82, 2.24) is 10.4 Å². The van der Waals surface area contributed by atoms with E-state index in [0.717, 1.165) is 0 Å². The van der Waals surface area contributed by atoms with Crippen LogP contribution in [0.2, 0.25) is 0 Å². The van der Waals surface area contributed by atoms with Gasteiger partial charge in [-0.25, -0.2) is 24.6 Å². The molecule has 0 heterocycles. The summed E-state index contributed by atoms with van der Waals surface area (Å²) in [7, 11) is 0.